The Kier molecular flexibility index (Phi) is 16.6. The zero-order chi connectivity index (χ0) is 53.0. The number of rotatable bonds is 10. The molecule has 17 nitrogen and oxygen atoms in total. The Morgan fingerprint density at radius 3 is 1.62 bits per heavy atom. The normalized spacial score (nSPS) is 14.5. The van der Waals surface area contributed by atoms with Gasteiger partial charge in [0.1, 0.15) is 13.2 Å². The van der Waals surface area contributed by atoms with Crippen molar-refractivity contribution >= 4 is 35.8 Å². The molecule has 3 amide bonds. The summed E-state index contributed by atoms with van der Waals surface area (Å²) in [5.41, 5.74) is 4.01. The van der Waals surface area contributed by atoms with Gasteiger partial charge in [0, 0.05) is 34.1 Å². The number of anilines is 3. The summed E-state index contributed by atoms with van der Waals surface area (Å²) in [7, 11) is 0. The fraction of sp³-hybridized carbons (Fsp3) is 0.304. The van der Waals surface area contributed by atoms with Crippen LogP contribution in [0.2, 0.25) is 0 Å². The van der Waals surface area contributed by atoms with Crippen molar-refractivity contribution in [2.24, 2.45) is 0 Å². The van der Waals surface area contributed by atoms with E-state index in [2.05, 4.69) is 46.5 Å². The molecule has 11 rings (SSSR count). The lowest BCUT2D eigenvalue weighted by Crippen LogP contribution is -2.15. The number of aromatic nitrogens is 6. The van der Waals surface area contributed by atoms with Crippen LogP contribution in [0.15, 0.2) is 129 Å². The number of hydrogen-bond acceptors (Lipinski definition) is 14. The molecule has 1 aliphatic heterocycles. The molecular weight excluding hydrogens is 984 g/mol. The molecule has 392 valence electrons. The molecule has 20 heteroatoms. The van der Waals surface area contributed by atoms with Crippen molar-refractivity contribution in [1.29, 1.82) is 0 Å². The number of nitrogens with one attached hydrogen (secondary N) is 3. The first-order valence-electron chi connectivity index (χ1n) is 25.1. The van der Waals surface area contributed by atoms with Crippen LogP contribution in [0.25, 0.3) is 22.6 Å². The van der Waals surface area contributed by atoms with E-state index >= 15 is 0 Å². The topological polar surface area (TPSA) is 223 Å². The van der Waals surface area contributed by atoms with Gasteiger partial charge >= 0.3 is 24.2 Å². The molecule has 0 radical (unpaired) electrons. The summed E-state index contributed by atoms with van der Waals surface area (Å²) in [5.74, 6) is 1.94. The third kappa shape index (κ3) is 13.5. The SMILES string of the molecule is Cc1ccc(C(=O)Nc2nnc(-c3ccc4c(c3)OCCO4)o2)cc1.Cc1ccc(C(=O)Nc2nnc(C3CCCCC3)o2)cc1C(F)(F)F.O=C(Nc1nnc(C2CCCCC2)o1)c1cccc(-c2ccccc2)c1. The summed E-state index contributed by atoms with van der Waals surface area (Å²) in [6.07, 6.45) is 6.60. The van der Waals surface area contributed by atoms with E-state index in [0.717, 1.165) is 61.3 Å². The van der Waals surface area contributed by atoms with Gasteiger partial charge in [-0.25, -0.2) is 0 Å². The number of amides is 3. The highest BCUT2D eigenvalue weighted by atomic mass is 19.4. The second-order valence-corrected chi connectivity index (χ2v) is 18.5. The standard InChI is InChI=1S/C21H21N3O2.C18H15N3O4.C17H18F3N3O2/c25-19(18-13-7-12-17(14-18)15-8-3-1-4-9-15)22-21-24-23-20(26-21)16-10-5-2-6-11-16;1-11-2-4-12(5-3-11)16(22)19-18-21-20-17(25-18)13-6-7-14-15(10-13)24-9-8-23-14;1-10-7-8-12(9-13(10)17(18,19)20)14(24)21-16-23-22-15(25-16)11-5-3-2-4-6-11/h1,3-4,7-9,12-14,16H,2,5-6,10-11H2,(H,22,24,25);2-7,10H,8-9H2,1H3,(H,19,21,22);7-9,11H,2-6H2,1H3,(H,21,23,24). The average molecular weight is 1040 g/mol. The van der Waals surface area contributed by atoms with Gasteiger partial charge in [-0.2, -0.15) is 13.2 Å². The molecule has 0 bridgehead atoms. The summed E-state index contributed by atoms with van der Waals surface area (Å²) in [6, 6.07) is 33.6. The maximum absolute atomic E-state index is 13.0. The summed E-state index contributed by atoms with van der Waals surface area (Å²) >= 11 is 0. The van der Waals surface area contributed by atoms with Crippen LogP contribution in [0.3, 0.4) is 0 Å². The number of carbonyl (C=O) groups is 3. The Labute approximate surface area is 435 Å². The van der Waals surface area contributed by atoms with Gasteiger partial charge in [-0.05, 0) is 111 Å². The molecule has 2 fully saturated rings. The maximum atomic E-state index is 13.0. The van der Waals surface area contributed by atoms with Gasteiger partial charge in [0.15, 0.2) is 11.5 Å². The minimum absolute atomic E-state index is 0.0375. The molecule has 5 aromatic carbocycles. The molecule has 3 aromatic heterocycles. The van der Waals surface area contributed by atoms with E-state index in [-0.39, 0.29) is 52.8 Å². The minimum atomic E-state index is -4.51. The smallest absolute Gasteiger partial charge is 0.416 e. The molecule has 0 saturated heterocycles. The number of benzene rings is 5. The Morgan fingerprint density at radius 2 is 1.01 bits per heavy atom. The van der Waals surface area contributed by atoms with Crippen LogP contribution < -0.4 is 25.4 Å². The first kappa shape index (κ1) is 52.2. The van der Waals surface area contributed by atoms with E-state index in [1.54, 1.807) is 36.4 Å². The van der Waals surface area contributed by atoms with Crippen LogP contribution in [0, 0.1) is 13.8 Å². The van der Waals surface area contributed by atoms with E-state index in [9.17, 15) is 27.6 Å². The maximum Gasteiger partial charge on any atom is 0.416 e. The second-order valence-electron chi connectivity index (χ2n) is 18.5. The van der Waals surface area contributed by atoms with Gasteiger partial charge < -0.3 is 22.7 Å². The average Bonchev–Trinajstić information content (AvgIpc) is 4.25. The van der Waals surface area contributed by atoms with E-state index in [4.69, 9.17) is 22.7 Å². The van der Waals surface area contributed by atoms with Crippen molar-refractivity contribution < 1.29 is 50.3 Å². The summed E-state index contributed by atoms with van der Waals surface area (Å²) in [5, 5.41) is 31.3. The molecular formula is C56H54F3N9O8. The first-order chi connectivity index (χ1) is 36.8. The monoisotopic (exact) mass is 1040 g/mol. The Morgan fingerprint density at radius 1 is 0.487 bits per heavy atom. The second kappa shape index (κ2) is 24.1. The van der Waals surface area contributed by atoms with Crippen LogP contribution >= 0.6 is 0 Å². The van der Waals surface area contributed by atoms with Crippen molar-refractivity contribution in [3.8, 4) is 34.1 Å². The Hall–Kier alpha value is -8.68. The molecule has 0 unspecified atom stereocenters. The van der Waals surface area contributed by atoms with E-state index < -0.39 is 17.6 Å². The molecule has 0 spiro atoms. The number of halogens is 3. The highest BCUT2D eigenvalue weighted by Gasteiger charge is 2.33. The predicted molar refractivity (Wildman–Crippen MR) is 274 cm³/mol. The third-order valence-electron chi connectivity index (χ3n) is 13.0. The molecule has 76 heavy (non-hydrogen) atoms. The van der Waals surface area contributed by atoms with Crippen molar-refractivity contribution in [1.82, 2.24) is 30.6 Å². The minimum Gasteiger partial charge on any atom is -0.486 e. The summed E-state index contributed by atoms with van der Waals surface area (Å²) in [6.45, 7) is 4.33. The lowest BCUT2D eigenvalue weighted by molar-refractivity contribution is -0.138. The summed E-state index contributed by atoms with van der Waals surface area (Å²) < 4.78 is 66.5. The molecule has 2 saturated carbocycles. The largest absolute Gasteiger partial charge is 0.486 e. The fourth-order valence-corrected chi connectivity index (χ4v) is 8.92. The number of carbonyl (C=O) groups excluding carboxylic acids is 3. The highest BCUT2D eigenvalue weighted by molar-refractivity contribution is 6.04. The number of nitrogens with zero attached hydrogens (tertiary/aromatic N) is 6. The van der Waals surface area contributed by atoms with Crippen LogP contribution in [-0.2, 0) is 6.18 Å². The van der Waals surface area contributed by atoms with E-state index in [0.29, 0.717) is 59.1 Å². The molecule has 8 aromatic rings. The zero-order valence-corrected chi connectivity index (χ0v) is 41.7. The van der Waals surface area contributed by atoms with Crippen molar-refractivity contribution in [2.75, 3.05) is 29.2 Å². The number of hydrogen-bond donors (Lipinski definition) is 3. The van der Waals surface area contributed by atoms with Gasteiger partial charge in [-0.1, -0.05) is 120 Å². The van der Waals surface area contributed by atoms with Gasteiger partial charge in [0.25, 0.3) is 17.7 Å². The first-order valence-corrected chi connectivity index (χ1v) is 25.1. The molecule has 3 aliphatic rings. The van der Waals surface area contributed by atoms with Gasteiger partial charge in [0.2, 0.25) is 17.7 Å². The predicted octanol–water partition coefficient (Wildman–Crippen LogP) is 12.8. The molecule has 3 N–H and O–H groups in total. The van der Waals surface area contributed by atoms with Crippen LogP contribution in [0.1, 0.15) is 136 Å². The molecule has 2 aliphatic carbocycles. The molecule has 0 atom stereocenters. The highest BCUT2D eigenvalue weighted by Crippen LogP contribution is 2.37. The van der Waals surface area contributed by atoms with Crippen LogP contribution in [0.4, 0.5) is 31.2 Å². The van der Waals surface area contributed by atoms with Crippen LogP contribution in [0.5, 0.6) is 11.5 Å². The van der Waals surface area contributed by atoms with Crippen molar-refractivity contribution in [2.45, 2.75) is 96.1 Å². The summed E-state index contributed by atoms with van der Waals surface area (Å²) in [4.78, 5) is 36.9. The zero-order valence-electron chi connectivity index (χ0n) is 41.7. The van der Waals surface area contributed by atoms with E-state index in [1.807, 2.05) is 67.6 Å². The van der Waals surface area contributed by atoms with Crippen molar-refractivity contribution in [3.05, 3.63) is 160 Å². The lowest BCUT2D eigenvalue weighted by atomic mass is 9.89. The Balaban J connectivity index is 0.000000139. The van der Waals surface area contributed by atoms with Crippen molar-refractivity contribution in [3.63, 3.8) is 0 Å². The van der Waals surface area contributed by atoms with Gasteiger partial charge in [-0.15, -0.1) is 15.3 Å². The fourth-order valence-electron chi connectivity index (χ4n) is 8.92. The number of aryl methyl sites for hydroxylation is 2. The van der Waals surface area contributed by atoms with Gasteiger partial charge in [0.05, 0.1) is 5.56 Å². The number of ether oxygens (including phenoxy) is 2. The lowest BCUT2D eigenvalue weighted by Gasteiger charge is -2.18. The molecule has 4 heterocycles. The van der Waals surface area contributed by atoms with Gasteiger partial charge in [-0.3, -0.25) is 30.3 Å². The Bertz CT molecular complexity index is 3260. The quantitative estimate of drug-likeness (QED) is 0.116. The van der Waals surface area contributed by atoms with E-state index in [1.165, 1.54) is 44.7 Å². The third-order valence-corrected chi connectivity index (χ3v) is 13.0. The number of fused-ring (bicyclic) bond motifs is 1. The van der Waals surface area contributed by atoms with Crippen LogP contribution in [-0.4, -0.2) is 61.5 Å². The number of alkyl halides is 3.